The molecule has 0 aliphatic heterocycles. The van der Waals surface area contributed by atoms with Crippen molar-refractivity contribution in [2.45, 2.75) is 38.0 Å². The van der Waals surface area contributed by atoms with Gasteiger partial charge in [0, 0.05) is 21.6 Å². The molecule has 1 saturated carbocycles. The molecule has 1 fully saturated rings. The average molecular weight is 234 g/mol. The summed E-state index contributed by atoms with van der Waals surface area (Å²) < 4.78 is 0. The summed E-state index contributed by atoms with van der Waals surface area (Å²) in [5, 5.41) is 2.03. The topological polar surface area (TPSA) is 15.8 Å². The Morgan fingerprint density at radius 2 is 1.94 bits per heavy atom. The van der Waals surface area contributed by atoms with E-state index in [0.29, 0.717) is 0 Å². The van der Waals surface area contributed by atoms with Crippen LogP contribution >= 0.6 is 11.6 Å². The minimum absolute atomic E-state index is 0.720. The molecule has 0 amide bonds. The van der Waals surface area contributed by atoms with Gasteiger partial charge in [-0.15, -0.1) is 0 Å². The predicted octanol–water partition coefficient (Wildman–Crippen LogP) is 4.87. The molecule has 0 bridgehead atoms. The first-order chi connectivity index (χ1) is 7.84. The monoisotopic (exact) mass is 233 g/mol. The van der Waals surface area contributed by atoms with Gasteiger partial charge in [0.25, 0.3) is 0 Å². The van der Waals surface area contributed by atoms with E-state index in [0.717, 1.165) is 10.9 Å². The third kappa shape index (κ3) is 1.73. The lowest BCUT2D eigenvalue weighted by Gasteiger charge is -2.20. The first kappa shape index (κ1) is 10.2. The lowest BCUT2D eigenvalue weighted by molar-refractivity contribution is 0.438. The molecule has 16 heavy (non-hydrogen) atoms. The summed E-state index contributed by atoms with van der Waals surface area (Å²) in [7, 11) is 0. The molecular formula is C14H16ClN. The fourth-order valence-corrected chi connectivity index (χ4v) is 3.00. The van der Waals surface area contributed by atoms with Crippen molar-refractivity contribution >= 4 is 22.5 Å². The molecule has 2 aromatic rings. The van der Waals surface area contributed by atoms with Crippen molar-refractivity contribution in [3.8, 4) is 0 Å². The Hall–Kier alpha value is -0.950. The molecule has 0 unspecified atom stereocenters. The van der Waals surface area contributed by atoms with Crippen LogP contribution in [0.25, 0.3) is 10.9 Å². The van der Waals surface area contributed by atoms with E-state index in [9.17, 15) is 0 Å². The van der Waals surface area contributed by atoms with Crippen molar-refractivity contribution in [1.29, 1.82) is 0 Å². The number of rotatable bonds is 1. The second kappa shape index (κ2) is 4.14. The Morgan fingerprint density at radius 3 is 2.69 bits per heavy atom. The molecule has 1 aromatic carbocycles. The maximum Gasteiger partial charge on any atom is 0.0499 e. The van der Waals surface area contributed by atoms with E-state index in [4.69, 9.17) is 11.6 Å². The van der Waals surface area contributed by atoms with Crippen LogP contribution in [0.3, 0.4) is 0 Å². The Balaban J connectivity index is 2.01. The fourth-order valence-electron chi connectivity index (χ4n) is 2.77. The minimum Gasteiger partial charge on any atom is -0.358 e. The van der Waals surface area contributed by atoms with Crippen LogP contribution < -0.4 is 0 Å². The van der Waals surface area contributed by atoms with E-state index in [1.807, 2.05) is 12.1 Å². The van der Waals surface area contributed by atoms with Crippen molar-refractivity contribution in [1.82, 2.24) is 4.98 Å². The quantitative estimate of drug-likeness (QED) is 0.723. The molecule has 0 atom stereocenters. The zero-order chi connectivity index (χ0) is 11.0. The smallest absolute Gasteiger partial charge is 0.0499 e. The fraction of sp³-hybridized carbons (Fsp3) is 0.429. The van der Waals surface area contributed by atoms with Crippen molar-refractivity contribution in [3.63, 3.8) is 0 Å². The highest BCUT2D eigenvalue weighted by atomic mass is 35.5. The number of H-pyrrole nitrogens is 1. The van der Waals surface area contributed by atoms with Crippen LogP contribution in [0.5, 0.6) is 0 Å². The minimum atomic E-state index is 0.720. The van der Waals surface area contributed by atoms with Gasteiger partial charge in [-0.1, -0.05) is 36.9 Å². The van der Waals surface area contributed by atoms with Crippen molar-refractivity contribution in [2.75, 3.05) is 0 Å². The highest BCUT2D eigenvalue weighted by molar-refractivity contribution is 6.35. The highest BCUT2D eigenvalue weighted by Gasteiger charge is 2.17. The lowest BCUT2D eigenvalue weighted by Crippen LogP contribution is -2.04. The molecular weight excluding hydrogens is 218 g/mol. The molecule has 0 saturated heterocycles. The predicted molar refractivity (Wildman–Crippen MR) is 69.1 cm³/mol. The second-order valence-corrected chi connectivity index (χ2v) is 5.17. The zero-order valence-corrected chi connectivity index (χ0v) is 10.1. The molecule has 2 heteroatoms. The molecule has 1 nitrogen and oxygen atoms in total. The maximum absolute atomic E-state index is 6.19. The Bertz CT molecular complexity index is 494. The van der Waals surface area contributed by atoms with Crippen LogP contribution in [0.2, 0.25) is 5.02 Å². The number of aromatic nitrogens is 1. The number of fused-ring (bicyclic) bond motifs is 1. The summed E-state index contributed by atoms with van der Waals surface area (Å²) in [6.45, 7) is 0. The first-order valence-corrected chi connectivity index (χ1v) is 6.49. The number of hydrogen-bond donors (Lipinski definition) is 1. The number of hydrogen-bond acceptors (Lipinski definition) is 0. The molecule has 1 aromatic heterocycles. The van der Waals surface area contributed by atoms with Gasteiger partial charge < -0.3 is 4.98 Å². The Labute approximate surface area is 101 Å². The summed E-state index contributed by atoms with van der Waals surface area (Å²) in [5.74, 6) is 0.720. The summed E-state index contributed by atoms with van der Waals surface area (Å²) >= 11 is 6.19. The SMILES string of the molecule is Clc1cccc2[nH]c(C3CCCCC3)cc12. The molecule has 3 rings (SSSR count). The number of nitrogens with one attached hydrogen (secondary N) is 1. The Morgan fingerprint density at radius 1 is 1.12 bits per heavy atom. The molecule has 84 valence electrons. The van der Waals surface area contributed by atoms with Gasteiger partial charge in [0.05, 0.1) is 0 Å². The summed E-state index contributed by atoms with van der Waals surface area (Å²) in [6.07, 6.45) is 6.79. The van der Waals surface area contributed by atoms with Crippen molar-refractivity contribution in [2.24, 2.45) is 0 Å². The van der Waals surface area contributed by atoms with E-state index in [1.165, 1.54) is 48.7 Å². The van der Waals surface area contributed by atoms with Crippen LogP contribution in [0.1, 0.15) is 43.7 Å². The third-order valence-electron chi connectivity index (χ3n) is 3.68. The molecule has 0 radical (unpaired) electrons. The van der Waals surface area contributed by atoms with Gasteiger partial charge in [0.1, 0.15) is 0 Å². The van der Waals surface area contributed by atoms with E-state index in [2.05, 4.69) is 17.1 Å². The van der Waals surface area contributed by atoms with Crippen LogP contribution in [0, 0.1) is 0 Å². The van der Waals surface area contributed by atoms with E-state index in [-0.39, 0.29) is 0 Å². The number of aromatic amines is 1. The molecule has 0 spiro atoms. The zero-order valence-electron chi connectivity index (χ0n) is 9.30. The van der Waals surface area contributed by atoms with Crippen LogP contribution in [-0.2, 0) is 0 Å². The summed E-state index contributed by atoms with van der Waals surface area (Å²) in [6, 6.07) is 8.31. The van der Waals surface area contributed by atoms with Crippen LogP contribution in [0.4, 0.5) is 0 Å². The van der Waals surface area contributed by atoms with E-state index < -0.39 is 0 Å². The van der Waals surface area contributed by atoms with Gasteiger partial charge in [-0.25, -0.2) is 0 Å². The van der Waals surface area contributed by atoms with E-state index in [1.54, 1.807) is 0 Å². The Kier molecular flexibility index (Phi) is 2.64. The number of halogens is 1. The van der Waals surface area contributed by atoms with Gasteiger partial charge in [0.2, 0.25) is 0 Å². The van der Waals surface area contributed by atoms with Gasteiger partial charge >= 0.3 is 0 Å². The van der Waals surface area contributed by atoms with Crippen LogP contribution in [0.15, 0.2) is 24.3 Å². The molecule has 1 heterocycles. The second-order valence-electron chi connectivity index (χ2n) is 4.76. The molecule has 1 aliphatic carbocycles. The largest absolute Gasteiger partial charge is 0.358 e. The molecule has 1 aliphatic rings. The van der Waals surface area contributed by atoms with Crippen LogP contribution in [-0.4, -0.2) is 4.98 Å². The van der Waals surface area contributed by atoms with Gasteiger partial charge in [-0.2, -0.15) is 0 Å². The van der Waals surface area contributed by atoms with Gasteiger partial charge in [-0.3, -0.25) is 0 Å². The maximum atomic E-state index is 6.19. The average Bonchev–Trinajstić information content (AvgIpc) is 2.76. The standard InChI is InChI=1S/C14H16ClN/c15-12-7-4-8-13-11(12)9-14(16-13)10-5-2-1-3-6-10/h4,7-10,16H,1-3,5-6H2. The number of benzene rings is 1. The van der Waals surface area contributed by atoms with Gasteiger partial charge in [-0.05, 0) is 37.0 Å². The third-order valence-corrected chi connectivity index (χ3v) is 4.01. The highest BCUT2D eigenvalue weighted by Crippen LogP contribution is 2.35. The first-order valence-electron chi connectivity index (χ1n) is 6.12. The normalized spacial score (nSPS) is 18.1. The summed E-state index contributed by atoms with van der Waals surface area (Å²) in [4.78, 5) is 3.52. The van der Waals surface area contributed by atoms with Gasteiger partial charge in [0.15, 0.2) is 0 Å². The lowest BCUT2D eigenvalue weighted by atomic mass is 9.87. The van der Waals surface area contributed by atoms with Crippen molar-refractivity contribution in [3.05, 3.63) is 35.0 Å². The van der Waals surface area contributed by atoms with E-state index >= 15 is 0 Å². The summed E-state index contributed by atoms with van der Waals surface area (Å²) in [5.41, 5.74) is 2.55. The van der Waals surface area contributed by atoms with Crippen molar-refractivity contribution < 1.29 is 0 Å². The molecule has 1 N–H and O–H groups in total.